The molecule has 1 aliphatic heterocycles. The standard InChI is InChI=1S/C16H29N3S/c1-6-17-9-14-15(11(2)3)18-16(20-14)19-10-12(4)7-8-13(19)5/h11-13,17H,6-10H2,1-5H3. The van der Waals surface area contributed by atoms with Crippen molar-refractivity contribution in [2.75, 3.05) is 18.0 Å². The Kier molecular flexibility index (Phi) is 5.44. The molecule has 1 N–H and O–H groups in total. The molecule has 0 aliphatic carbocycles. The van der Waals surface area contributed by atoms with Gasteiger partial charge in [-0.15, -0.1) is 11.3 Å². The molecule has 1 fully saturated rings. The van der Waals surface area contributed by atoms with Crippen LogP contribution in [0.3, 0.4) is 0 Å². The van der Waals surface area contributed by atoms with E-state index in [1.165, 1.54) is 28.5 Å². The Morgan fingerprint density at radius 1 is 1.35 bits per heavy atom. The fourth-order valence-electron chi connectivity index (χ4n) is 2.84. The van der Waals surface area contributed by atoms with Gasteiger partial charge in [-0.05, 0) is 38.1 Å². The molecule has 2 atom stereocenters. The molecule has 0 saturated carbocycles. The number of piperidine rings is 1. The quantitative estimate of drug-likeness (QED) is 0.890. The van der Waals surface area contributed by atoms with Crippen LogP contribution in [0.1, 0.15) is 63.9 Å². The average Bonchev–Trinajstić information content (AvgIpc) is 2.83. The molecule has 2 unspecified atom stereocenters. The van der Waals surface area contributed by atoms with E-state index in [2.05, 4.69) is 44.8 Å². The van der Waals surface area contributed by atoms with E-state index in [1.807, 2.05) is 11.3 Å². The molecule has 20 heavy (non-hydrogen) atoms. The molecule has 2 rings (SSSR count). The van der Waals surface area contributed by atoms with Crippen LogP contribution in [0.2, 0.25) is 0 Å². The predicted octanol–water partition coefficient (Wildman–Crippen LogP) is 4.00. The first kappa shape index (κ1) is 15.8. The van der Waals surface area contributed by atoms with Crippen LogP contribution in [0.25, 0.3) is 0 Å². The van der Waals surface area contributed by atoms with Crippen molar-refractivity contribution in [2.24, 2.45) is 5.92 Å². The van der Waals surface area contributed by atoms with Gasteiger partial charge >= 0.3 is 0 Å². The molecule has 0 spiro atoms. The Hall–Kier alpha value is -0.610. The Bertz CT molecular complexity index is 427. The minimum absolute atomic E-state index is 0.506. The van der Waals surface area contributed by atoms with Crippen molar-refractivity contribution >= 4 is 16.5 Å². The van der Waals surface area contributed by atoms with Gasteiger partial charge < -0.3 is 10.2 Å². The van der Waals surface area contributed by atoms with Crippen LogP contribution in [-0.4, -0.2) is 24.1 Å². The molecule has 1 aromatic rings. The molecule has 1 saturated heterocycles. The summed E-state index contributed by atoms with van der Waals surface area (Å²) in [5.41, 5.74) is 1.29. The molecule has 0 radical (unpaired) electrons. The molecule has 114 valence electrons. The number of rotatable bonds is 5. The van der Waals surface area contributed by atoms with Gasteiger partial charge in [-0.1, -0.05) is 27.7 Å². The van der Waals surface area contributed by atoms with Gasteiger partial charge in [0.25, 0.3) is 0 Å². The zero-order valence-electron chi connectivity index (χ0n) is 13.6. The van der Waals surface area contributed by atoms with E-state index in [0.717, 1.165) is 25.6 Å². The Balaban J connectivity index is 2.22. The Morgan fingerprint density at radius 3 is 2.75 bits per heavy atom. The minimum atomic E-state index is 0.506. The van der Waals surface area contributed by atoms with E-state index in [9.17, 15) is 0 Å². The van der Waals surface area contributed by atoms with E-state index in [4.69, 9.17) is 4.98 Å². The fraction of sp³-hybridized carbons (Fsp3) is 0.812. The second-order valence-electron chi connectivity index (χ2n) is 6.42. The smallest absolute Gasteiger partial charge is 0.186 e. The molecule has 0 bridgehead atoms. The van der Waals surface area contributed by atoms with E-state index < -0.39 is 0 Å². The number of thiazole rings is 1. The minimum Gasteiger partial charge on any atom is -0.345 e. The highest BCUT2D eigenvalue weighted by Crippen LogP contribution is 2.34. The first-order valence-electron chi connectivity index (χ1n) is 7.99. The van der Waals surface area contributed by atoms with Gasteiger partial charge in [0.15, 0.2) is 5.13 Å². The van der Waals surface area contributed by atoms with Gasteiger partial charge in [0.2, 0.25) is 0 Å². The topological polar surface area (TPSA) is 28.2 Å². The van der Waals surface area contributed by atoms with Crippen LogP contribution < -0.4 is 10.2 Å². The maximum absolute atomic E-state index is 4.98. The number of hydrogen-bond acceptors (Lipinski definition) is 4. The lowest BCUT2D eigenvalue weighted by molar-refractivity contribution is 0.390. The zero-order chi connectivity index (χ0) is 14.7. The summed E-state index contributed by atoms with van der Waals surface area (Å²) in [5, 5.41) is 4.68. The largest absolute Gasteiger partial charge is 0.345 e. The van der Waals surface area contributed by atoms with Gasteiger partial charge in [0.05, 0.1) is 5.69 Å². The normalized spacial score (nSPS) is 23.6. The van der Waals surface area contributed by atoms with Crippen molar-refractivity contribution in [3.8, 4) is 0 Å². The first-order valence-corrected chi connectivity index (χ1v) is 8.81. The highest BCUT2D eigenvalue weighted by atomic mass is 32.1. The van der Waals surface area contributed by atoms with Gasteiger partial charge in [0, 0.05) is 24.0 Å². The van der Waals surface area contributed by atoms with Crippen molar-refractivity contribution in [3.05, 3.63) is 10.6 Å². The van der Waals surface area contributed by atoms with Gasteiger partial charge in [-0.2, -0.15) is 0 Å². The summed E-state index contributed by atoms with van der Waals surface area (Å²) in [6, 6.07) is 0.629. The van der Waals surface area contributed by atoms with Crippen LogP contribution in [0.4, 0.5) is 5.13 Å². The number of nitrogens with zero attached hydrogens (tertiary/aromatic N) is 2. The number of anilines is 1. The molecule has 4 heteroatoms. The van der Waals surface area contributed by atoms with Gasteiger partial charge in [0.1, 0.15) is 0 Å². The van der Waals surface area contributed by atoms with E-state index in [0.29, 0.717) is 12.0 Å². The van der Waals surface area contributed by atoms with Gasteiger partial charge in [-0.25, -0.2) is 4.98 Å². The van der Waals surface area contributed by atoms with E-state index in [1.54, 1.807) is 0 Å². The summed E-state index contributed by atoms with van der Waals surface area (Å²) in [6.07, 6.45) is 2.64. The first-order chi connectivity index (χ1) is 9.52. The van der Waals surface area contributed by atoms with Crippen molar-refractivity contribution in [2.45, 2.75) is 66.0 Å². The SMILES string of the molecule is CCNCc1sc(N2CC(C)CCC2C)nc1C(C)C. The second-order valence-corrected chi connectivity index (χ2v) is 7.49. The summed E-state index contributed by atoms with van der Waals surface area (Å²) in [5.74, 6) is 1.29. The molecule has 0 amide bonds. The Labute approximate surface area is 127 Å². The summed E-state index contributed by atoms with van der Waals surface area (Å²) in [6.45, 7) is 14.5. The number of nitrogens with one attached hydrogen (secondary N) is 1. The van der Waals surface area contributed by atoms with Crippen molar-refractivity contribution in [1.29, 1.82) is 0 Å². The van der Waals surface area contributed by atoms with Crippen LogP contribution in [-0.2, 0) is 6.54 Å². The number of hydrogen-bond donors (Lipinski definition) is 1. The van der Waals surface area contributed by atoms with Crippen LogP contribution in [0, 0.1) is 5.92 Å². The maximum Gasteiger partial charge on any atom is 0.186 e. The highest BCUT2D eigenvalue weighted by molar-refractivity contribution is 7.15. The lowest BCUT2D eigenvalue weighted by Crippen LogP contribution is -2.41. The van der Waals surface area contributed by atoms with Crippen LogP contribution >= 0.6 is 11.3 Å². The average molecular weight is 295 g/mol. The molecule has 1 aromatic heterocycles. The third-order valence-corrected chi connectivity index (χ3v) is 5.27. The molecular weight excluding hydrogens is 266 g/mol. The summed E-state index contributed by atoms with van der Waals surface area (Å²) in [7, 11) is 0. The maximum atomic E-state index is 4.98. The van der Waals surface area contributed by atoms with Crippen molar-refractivity contribution in [1.82, 2.24) is 10.3 Å². The lowest BCUT2D eigenvalue weighted by atomic mass is 9.96. The van der Waals surface area contributed by atoms with Crippen molar-refractivity contribution < 1.29 is 0 Å². The third-order valence-electron chi connectivity index (χ3n) is 4.16. The zero-order valence-corrected chi connectivity index (χ0v) is 14.4. The van der Waals surface area contributed by atoms with Crippen LogP contribution in [0.5, 0.6) is 0 Å². The fourth-order valence-corrected chi connectivity index (χ4v) is 4.14. The monoisotopic (exact) mass is 295 g/mol. The molecule has 1 aliphatic rings. The lowest BCUT2D eigenvalue weighted by Gasteiger charge is -2.36. The molecule has 0 aromatic carbocycles. The molecule has 2 heterocycles. The number of aromatic nitrogens is 1. The third kappa shape index (κ3) is 3.53. The van der Waals surface area contributed by atoms with Crippen molar-refractivity contribution in [3.63, 3.8) is 0 Å². The second kappa shape index (κ2) is 6.90. The Morgan fingerprint density at radius 2 is 2.10 bits per heavy atom. The molecular formula is C16H29N3S. The highest BCUT2D eigenvalue weighted by Gasteiger charge is 2.26. The van der Waals surface area contributed by atoms with E-state index >= 15 is 0 Å². The summed E-state index contributed by atoms with van der Waals surface area (Å²) >= 11 is 1.89. The summed E-state index contributed by atoms with van der Waals surface area (Å²) in [4.78, 5) is 8.92. The van der Waals surface area contributed by atoms with E-state index in [-0.39, 0.29) is 0 Å². The molecule has 3 nitrogen and oxygen atoms in total. The van der Waals surface area contributed by atoms with Crippen LogP contribution in [0.15, 0.2) is 0 Å². The van der Waals surface area contributed by atoms with Gasteiger partial charge in [-0.3, -0.25) is 0 Å². The predicted molar refractivity (Wildman–Crippen MR) is 88.8 cm³/mol. The summed E-state index contributed by atoms with van der Waals surface area (Å²) < 4.78 is 0.